The van der Waals surface area contributed by atoms with Gasteiger partial charge in [-0.3, -0.25) is 14.4 Å². The Hall–Kier alpha value is -1.40. The smallest absolute Gasteiger partial charge is 0.306 e. The Kier molecular flexibility index (Phi) is 6.35. The first kappa shape index (κ1) is 19.4. The summed E-state index contributed by atoms with van der Waals surface area (Å²) in [5.74, 6) is 1.15. The van der Waals surface area contributed by atoms with Gasteiger partial charge in [-0.25, -0.2) is 0 Å². The minimum Gasteiger partial charge on any atom is -0.456 e. The molecule has 2 fully saturated rings. The van der Waals surface area contributed by atoms with Crippen LogP contribution in [0.4, 0.5) is 0 Å². The number of Topliss-reactive ketones (excluding diaryl/α,β-unsaturated/α-hetero) is 1. The van der Waals surface area contributed by atoms with Gasteiger partial charge >= 0.3 is 5.97 Å². The lowest BCUT2D eigenvalue weighted by Gasteiger charge is -2.28. The van der Waals surface area contributed by atoms with Crippen molar-refractivity contribution < 1.29 is 19.1 Å². The molecule has 2 aliphatic rings. The van der Waals surface area contributed by atoms with Gasteiger partial charge in [-0.1, -0.05) is 18.0 Å². The highest BCUT2D eigenvalue weighted by Gasteiger charge is 2.42. The van der Waals surface area contributed by atoms with Crippen LogP contribution in [0, 0.1) is 17.8 Å². The van der Waals surface area contributed by atoms with E-state index in [0.717, 1.165) is 11.8 Å². The molecule has 26 heavy (non-hydrogen) atoms. The number of hydrogen-bond donors (Lipinski definition) is 1. The minimum absolute atomic E-state index is 0.0381. The maximum absolute atomic E-state index is 12.0. The predicted octanol–water partition coefficient (Wildman–Crippen LogP) is 3.85. The van der Waals surface area contributed by atoms with Crippen LogP contribution in [0.15, 0.2) is 12.1 Å². The van der Waals surface area contributed by atoms with Crippen molar-refractivity contribution in [2.45, 2.75) is 51.5 Å². The highest BCUT2D eigenvalue weighted by molar-refractivity contribution is 7.18. The molecule has 4 atom stereocenters. The molecule has 142 valence electrons. The zero-order valence-corrected chi connectivity index (χ0v) is 16.4. The van der Waals surface area contributed by atoms with Crippen LogP contribution in [-0.4, -0.2) is 30.3 Å². The van der Waals surface area contributed by atoms with Crippen LogP contribution in [0.1, 0.15) is 55.1 Å². The first-order valence-electron chi connectivity index (χ1n) is 9.16. The summed E-state index contributed by atoms with van der Waals surface area (Å²) >= 11 is 6.98. The number of rotatable bonds is 8. The lowest BCUT2D eigenvalue weighted by Crippen LogP contribution is -2.42. The lowest BCUT2D eigenvalue weighted by atomic mass is 9.84. The van der Waals surface area contributed by atoms with Crippen LogP contribution >= 0.6 is 22.9 Å². The third kappa shape index (κ3) is 4.86. The molecule has 7 heteroatoms. The third-order valence-corrected chi connectivity index (χ3v) is 6.86. The van der Waals surface area contributed by atoms with Crippen molar-refractivity contribution in [3.05, 3.63) is 21.3 Å². The molecule has 0 radical (unpaired) electrons. The monoisotopic (exact) mass is 397 g/mol. The van der Waals surface area contributed by atoms with E-state index >= 15 is 0 Å². The quantitative estimate of drug-likeness (QED) is 0.534. The molecule has 1 amide bonds. The van der Waals surface area contributed by atoms with Crippen LogP contribution < -0.4 is 5.32 Å². The number of esters is 1. The van der Waals surface area contributed by atoms with Crippen LogP contribution in [0.5, 0.6) is 0 Å². The van der Waals surface area contributed by atoms with E-state index in [4.69, 9.17) is 16.3 Å². The lowest BCUT2D eigenvalue weighted by molar-refractivity contribution is -0.148. The van der Waals surface area contributed by atoms with Crippen molar-refractivity contribution in [2.75, 3.05) is 6.61 Å². The van der Waals surface area contributed by atoms with Gasteiger partial charge in [0.2, 0.25) is 0 Å². The summed E-state index contributed by atoms with van der Waals surface area (Å²) in [4.78, 5) is 36.2. The summed E-state index contributed by atoms with van der Waals surface area (Å²) in [6.07, 6.45) is 5.11. The van der Waals surface area contributed by atoms with E-state index in [1.165, 1.54) is 37.0 Å². The van der Waals surface area contributed by atoms with Crippen molar-refractivity contribution in [3.8, 4) is 0 Å². The molecule has 2 bridgehead atoms. The number of halogens is 1. The average Bonchev–Trinajstić information content (AvgIpc) is 3.34. The number of fused-ring (bicyclic) bond motifs is 2. The third-order valence-electron chi connectivity index (χ3n) is 5.59. The Bertz CT molecular complexity index is 689. The fourth-order valence-electron chi connectivity index (χ4n) is 4.33. The summed E-state index contributed by atoms with van der Waals surface area (Å²) < 4.78 is 5.53. The van der Waals surface area contributed by atoms with Gasteiger partial charge in [0.05, 0.1) is 15.6 Å². The van der Waals surface area contributed by atoms with Crippen LogP contribution in [0.2, 0.25) is 4.34 Å². The number of ether oxygens (including phenoxy) is 1. The molecule has 1 heterocycles. The molecule has 0 aliphatic heterocycles. The molecule has 0 unspecified atom stereocenters. The van der Waals surface area contributed by atoms with Gasteiger partial charge < -0.3 is 10.1 Å². The Morgan fingerprint density at radius 2 is 2.08 bits per heavy atom. The first-order valence-corrected chi connectivity index (χ1v) is 10.4. The number of nitrogens with one attached hydrogen (secondary N) is 1. The highest BCUT2D eigenvalue weighted by Crippen LogP contribution is 2.49. The van der Waals surface area contributed by atoms with Crippen LogP contribution in [0.25, 0.3) is 0 Å². The molecular weight excluding hydrogens is 374 g/mol. The van der Waals surface area contributed by atoms with E-state index in [-0.39, 0.29) is 37.2 Å². The molecule has 1 aromatic heterocycles. The van der Waals surface area contributed by atoms with Gasteiger partial charge in [0.1, 0.15) is 0 Å². The normalized spacial score (nSPS) is 25.1. The number of carbonyl (C=O) groups is 3. The number of thiophene rings is 1. The van der Waals surface area contributed by atoms with E-state index in [1.807, 2.05) is 6.92 Å². The molecule has 1 N–H and O–H groups in total. The number of amides is 1. The Labute approximate surface area is 162 Å². The minimum atomic E-state index is -0.538. The van der Waals surface area contributed by atoms with Gasteiger partial charge in [0.25, 0.3) is 5.91 Å². The van der Waals surface area contributed by atoms with Gasteiger partial charge in [0.15, 0.2) is 12.4 Å². The molecule has 2 aliphatic carbocycles. The van der Waals surface area contributed by atoms with Crippen molar-refractivity contribution >= 4 is 40.6 Å². The molecule has 2 saturated carbocycles. The molecule has 1 aromatic rings. The second-order valence-corrected chi connectivity index (χ2v) is 9.10. The second-order valence-electron chi connectivity index (χ2n) is 7.38. The molecular formula is C19H24ClNO4S. The zero-order chi connectivity index (χ0) is 18.7. The molecule has 0 aromatic carbocycles. The first-order chi connectivity index (χ1) is 12.4. The Balaban J connectivity index is 1.33. The van der Waals surface area contributed by atoms with Gasteiger partial charge in [-0.05, 0) is 56.1 Å². The molecule has 0 saturated heterocycles. The summed E-state index contributed by atoms with van der Waals surface area (Å²) in [6.45, 7) is 1.75. The summed E-state index contributed by atoms with van der Waals surface area (Å²) in [7, 11) is 0. The molecule has 3 rings (SSSR count). The largest absolute Gasteiger partial charge is 0.456 e. The standard InChI is InChI=1S/C19H24ClNO4S/c1-11(14-9-12-2-3-13(14)8-12)21-18(23)10-25-19(24)7-4-15(22)16-5-6-17(20)26-16/h5-6,11-14H,2-4,7-10H2,1H3,(H,21,23)/t11-,12+,13+,14-/m1/s1. The number of carbonyl (C=O) groups excluding carboxylic acids is 3. The van der Waals surface area contributed by atoms with Crippen molar-refractivity contribution in [2.24, 2.45) is 17.8 Å². The highest BCUT2D eigenvalue weighted by atomic mass is 35.5. The summed E-state index contributed by atoms with van der Waals surface area (Å²) in [6, 6.07) is 3.41. The molecule has 0 spiro atoms. The van der Waals surface area contributed by atoms with Crippen molar-refractivity contribution in [3.63, 3.8) is 0 Å². The van der Waals surface area contributed by atoms with Gasteiger partial charge in [-0.15, -0.1) is 11.3 Å². The van der Waals surface area contributed by atoms with Crippen LogP contribution in [-0.2, 0) is 14.3 Å². The van der Waals surface area contributed by atoms with Crippen LogP contribution in [0.3, 0.4) is 0 Å². The fraction of sp³-hybridized carbons (Fsp3) is 0.632. The average molecular weight is 398 g/mol. The zero-order valence-electron chi connectivity index (χ0n) is 14.8. The fourth-order valence-corrected chi connectivity index (χ4v) is 5.34. The maximum atomic E-state index is 12.0. The van der Waals surface area contributed by atoms with Gasteiger partial charge in [-0.2, -0.15) is 0 Å². The maximum Gasteiger partial charge on any atom is 0.306 e. The van der Waals surface area contributed by atoms with E-state index < -0.39 is 5.97 Å². The molecule has 5 nitrogen and oxygen atoms in total. The van der Waals surface area contributed by atoms with Crippen molar-refractivity contribution in [1.29, 1.82) is 0 Å². The van der Waals surface area contributed by atoms with E-state index in [0.29, 0.717) is 15.1 Å². The van der Waals surface area contributed by atoms with Crippen molar-refractivity contribution in [1.82, 2.24) is 5.32 Å². The number of hydrogen-bond acceptors (Lipinski definition) is 5. The van der Waals surface area contributed by atoms with E-state index in [1.54, 1.807) is 12.1 Å². The number of ketones is 1. The Morgan fingerprint density at radius 3 is 2.69 bits per heavy atom. The predicted molar refractivity (Wildman–Crippen MR) is 100 cm³/mol. The second kappa shape index (κ2) is 8.53. The topological polar surface area (TPSA) is 72.5 Å². The van der Waals surface area contributed by atoms with Gasteiger partial charge in [0, 0.05) is 12.5 Å². The summed E-state index contributed by atoms with van der Waals surface area (Å²) in [5, 5.41) is 2.96. The van der Waals surface area contributed by atoms with E-state index in [9.17, 15) is 14.4 Å². The Morgan fingerprint density at radius 1 is 1.27 bits per heavy atom. The SMILES string of the molecule is C[C@@H](NC(=O)COC(=O)CCC(=O)c1ccc(Cl)s1)[C@H]1C[C@H]2CC[C@H]1C2. The van der Waals surface area contributed by atoms with E-state index in [2.05, 4.69) is 5.32 Å². The summed E-state index contributed by atoms with van der Waals surface area (Å²) in [5.41, 5.74) is 0.